The molecule has 1 aliphatic rings. The van der Waals surface area contributed by atoms with E-state index in [1.165, 1.54) is 12.0 Å². The van der Waals surface area contributed by atoms with Gasteiger partial charge in [0.25, 0.3) is 5.91 Å². The van der Waals surface area contributed by atoms with Crippen LogP contribution >= 0.6 is 12.4 Å². The van der Waals surface area contributed by atoms with Crippen LogP contribution in [0.25, 0.3) is 0 Å². The molecule has 3 rings (SSSR count). The second kappa shape index (κ2) is 10.2. The van der Waals surface area contributed by atoms with E-state index in [4.69, 9.17) is 25.7 Å². The molecular formula is C21H26ClN3O5. The molecule has 1 saturated heterocycles. The van der Waals surface area contributed by atoms with Crippen molar-refractivity contribution in [2.24, 2.45) is 11.5 Å². The highest BCUT2D eigenvalue weighted by Gasteiger charge is 2.33. The van der Waals surface area contributed by atoms with Gasteiger partial charge in [-0.25, -0.2) is 0 Å². The fourth-order valence-corrected chi connectivity index (χ4v) is 3.40. The summed E-state index contributed by atoms with van der Waals surface area (Å²) in [6.45, 7) is 0.886. The first-order valence-electron chi connectivity index (χ1n) is 9.31. The summed E-state index contributed by atoms with van der Waals surface area (Å²) in [7, 11) is 3.04. The van der Waals surface area contributed by atoms with E-state index in [2.05, 4.69) is 0 Å². The Balaban J connectivity index is 0.00000320. The summed E-state index contributed by atoms with van der Waals surface area (Å²) in [4.78, 5) is 26.0. The first-order valence-corrected chi connectivity index (χ1v) is 9.31. The van der Waals surface area contributed by atoms with Crippen LogP contribution in [0.1, 0.15) is 28.8 Å². The lowest BCUT2D eigenvalue weighted by molar-refractivity contribution is -0.121. The van der Waals surface area contributed by atoms with Crippen molar-refractivity contribution in [2.45, 2.75) is 25.4 Å². The minimum atomic E-state index is -0.574. The number of rotatable bonds is 7. The number of halogens is 1. The molecule has 30 heavy (non-hydrogen) atoms. The maximum atomic E-state index is 12.9. The van der Waals surface area contributed by atoms with Gasteiger partial charge in [-0.1, -0.05) is 6.07 Å². The number of primary amides is 1. The average molecular weight is 436 g/mol. The highest BCUT2D eigenvalue weighted by molar-refractivity contribution is 5.98. The molecule has 4 N–H and O–H groups in total. The Morgan fingerprint density at radius 2 is 1.67 bits per heavy atom. The van der Waals surface area contributed by atoms with Gasteiger partial charge in [-0.3, -0.25) is 9.59 Å². The molecule has 162 valence electrons. The van der Waals surface area contributed by atoms with Crippen molar-refractivity contribution in [3.63, 3.8) is 0 Å². The number of amides is 2. The molecule has 1 fully saturated rings. The van der Waals surface area contributed by atoms with Crippen LogP contribution in [0.5, 0.6) is 23.0 Å². The molecule has 2 aromatic carbocycles. The van der Waals surface area contributed by atoms with Gasteiger partial charge in [-0.2, -0.15) is 0 Å². The van der Waals surface area contributed by atoms with Gasteiger partial charge < -0.3 is 30.6 Å². The highest BCUT2D eigenvalue weighted by Crippen LogP contribution is 2.37. The Labute approximate surface area is 181 Å². The molecule has 0 saturated carbocycles. The van der Waals surface area contributed by atoms with E-state index in [-0.39, 0.29) is 18.3 Å². The van der Waals surface area contributed by atoms with E-state index >= 15 is 0 Å². The molecule has 0 spiro atoms. The van der Waals surface area contributed by atoms with Gasteiger partial charge >= 0.3 is 0 Å². The van der Waals surface area contributed by atoms with Gasteiger partial charge in [-0.15, -0.1) is 12.4 Å². The van der Waals surface area contributed by atoms with Crippen molar-refractivity contribution in [3.05, 3.63) is 47.5 Å². The molecule has 9 heteroatoms. The predicted octanol–water partition coefficient (Wildman–Crippen LogP) is 2.47. The van der Waals surface area contributed by atoms with Crippen LogP contribution in [0.3, 0.4) is 0 Å². The summed E-state index contributed by atoms with van der Waals surface area (Å²) < 4.78 is 16.7. The average Bonchev–Trinajstić information content (AvgIpc) is 3.24. The predicted molar refractivity (Wildman–Crippen MR) is 114 cm³/mol. The van der Waals surface area contributed by atoms with Crippen LogP contribution in [0.4, 0.5) is 0 Å². The minimum absolute atomic E-state index is 0. The van der Waals surface area contributed by atoms with Crippen molar-refractivity contribution >= 4 is 24.2 Å². The number of ether oxygens (including phenoxy) is 3. The number of methoxy groups -OCH3 is 2. The largest absolute Gasteiger partial charge is 0.493 e. The lowest BCUT2D eigenvalue weighted by Crippen LogP contribution is -2.43. The van der Waals surface area contributed by atoms with E-state index in [0.29, 0.717) is 48.1 Å². The summed E-state index contributed by atoms with van der Waals surface area (Å²) in [6, 6.07) is 9.72. The number of hydrogen-bond acceptors (Lipinski definition) is 6. The molecule has 0 unspecified atom stereocenters. The zero-order chi connectivity index (χ0) is 21.0. The zero-order valence-electron chi connectivity index (χ0n) is 16.9. The Morgan fingerprint density at radius 1 is 1.03 bits per heavy atom. The molecule has 1 heterocycles. The van der Waals surface area contributed by atoms with Crippen LogP contribution in [0.15, 0.2) is 36.4 Å². The quantitative estimate of drug-likeness (QED) is 0.689. The molecule has 0 aliphatic carbocycles. The first-order chi connectivity index (χ1) is 14.0. The second-order valence-corrected chi connectivity index (χ2v) is 6.72. The minimum Gasteiger partial charge on any atom is -0.493 e. The van der Waals surface area contributed by atoms with E-state index in [0.717, 1.165) is 12.0 Å². The van der Waals surface area contributed by atoms with Crippen molar-refractivity contribution in [1.82, 2.24) is 4.90 Å². The third kappa shape index (κ3) is 4.77. The van der Waals surface area contributed by atoms with Gasteiger partial charge in [-0.05, 0) is 48.7 Å². The van der Waals surface area contributed by atoms with Crippen molar-refractivity contribution in [2.75, 3.05) is 20.8 Å². The number of carbonyl (C=O) groups is 2. The van der Waals surface area contributed by atoms with Gasteiger partial charge in [0.05, 0.1) is 14.2 Å². The second-order valence-electron chi connectivity index (χ2n) is 6.72. The third-order valence-electron chi connectivity index (χ3n) is 4.94. The van der Waals surface area contributed by atoms with Crippen LogP contribution in [0.2, 0.25) is 0 Å². The summed E-state index contributed by atoms with van der Waals surface area (Å²) in [6.07, 6.45) is 1.33. The summed E-state index contributed by atoms with van der Waals surface area (Å²) in [5.74, 6) is 1.09. The Hall–Kier alpha value is -2.97. The normalized spacial score (nSPS) is 15.3. The van der Waals surface area contributed by atoms with Crippen LogP contribution in [-0.2, 0) is 11.3 Å². The summed E-state index contributed by atoms with van der Waals surface area (Å²) in [5, 5.41) is 0. The molecular weight excluding hydrogens is 410 g/mol. The number of carbonyl (C=O) groups excluding carboxylic acids is 2. The number of likely N-dealkylation sites (tertiary alicyclic amines) is 1. The molecule has 0 bridgehead atoms. The van der Waals surface area contributed by atoms with Crippen LogP contribution < -0.4 is 25.7 Å². The maximum Gasteiger partial charge on any atom is 0.254 e. The van der Waals surface area contributed by atoms with E-state index in [1.807, 2.05) is 6.07 Å². The Bertz CT molecular complexity index is 922. The third-order valence-corrected chi connectivity index (χ3v) is 4.94. The smallest absolute Gasteiger partial charge is 0.254 e. The van der Waals surface area contributed by atoms with Gasteiger partial charge in [0.15, 0.2) is 23.0 Å². The Kier molecular flexibility index (Phi) is 7.91. The highest BCUT2D eigenvalue weighted by atomic mass is 35.5. The Morgan fingerprint density at radius 3 is 2.27 bits per heavy atom. The van der Waals surface area contributed by atoms with Gasteiger partial charge in [0.1, 0.15) is 6.04 Å². The first kappa shape index (κ1) is 23.3. The fraction of sp³-hybridized carbons (Fsp3) is 0.333. The maximum absolute atomic E-state index is 12.9. The molecule has 0 aromatic heterocycles. The van der Waals surface area contributed by atoms with Crippen molar-refractivity contribution < 1.29 is 23.8 Å². The lowest BCUT2D eigenvalue weighted by atomic mass is 10.1. The van der Waals surface area contributed by atoms with Crippen LogP contribution in [0, 0.1) is 0 Å². The lowest BCUT2D eigenvalue weighted by Gasteiger charge is -2.22. The summed E-state index contributed by atoms with van der Waals surface area (Å²) in [5.41, 5.74) is 12.4. The standard InChI is InChI=1S/C21H25N3O5.ClH/c1-27-18-10-13(12-22)5-7-16(18)29-17-8-6-14(11-19(17)28-2)21(26)24-9-3-4-15(24)20(23)25;/h5-8,10-11,15H,3-4,9,12,22H2,1-2H3,(H2,23,25);1H/t15-;/m0./s1. The van der Waals surface area contributed by atoms with Crippen molar-refractivity contribution in [1.29, 1.82) is 0 Å². The number of hydrogen-bond donors (Lipinski definition) is 2. The van der Waals surface area contributed by atoms with E-state index in [1.54, 1.807) is 37.4 Å². The monoisotopic (exact) mass is 435 g/mol. The molecule has 1 aliphatic heterocycles. The van der Waals surface area contributed by atoms with Crippen molar-refractivity contribution in [3.8, 4) is 23.0 Å². The van der Waals surface area contributed by atoms with E-state index in [9.17, 15) is 9.59 Å². The SMILES string of the molecule is COc1cc(CN)ccc1Oc1ccc(C(=O)N2CCC[C@H]2C(N)=O)cc1OC.Cl. The number of nitrogens with zero attached hydrogens (tertiary/aromatic N) is 1. The van der Waals surface area contributed by atoms with Crippen LogP contribution in [-0.4, -0.2) is 43.5 Å². The number of benzene rings is 2. The fourth-order valence-electron chi connectivity index (χ4n) is 3.40. The topological polar surface area (TPSA) is 117 Å². The molecule has 8 nitrogen and oxygen atoms in total. The molecule has 2 amide bonds. The van der Waals surface area contributed by atoms with Gasteiger partial charge in [0.2, 0.25) is 5.91 Å². The molecule has 0 radical (unpaired) electrons. The summed E-state index contributed by atoms with van der Waals surface area (Å²) >= 11 is 0. The number of nitrogens with two attached hydrogens (primary N) is 2. The molecule has 2 aromatic rings. The van der Waals surface area contributed by atoms with Gasteiger partial charge in [0, 0.05) is 18.7 Å². The molecule has 1 atom stereocenters. The van der Waals surface area contributed by atoms with E-state index < -0.39 is 11.9 Å². The zero-order valence-corrected chi connectivity index (χ0v) is 17.7.